The number of benzene rings is 3. The van der Waals surface area contributed by atoms with Crippen molar-refractivity contribution in [3.05, 3.63) is 88.4 Å². The summed E-state index contributed by atoms with van der Waals surface area (Å²) < 4.78 is 34.9. The fraction of sp³-hybridized carbons (Fsp3) is 0.286. The van der Waals surface area contributed by atoms with Crippen molar-refractivity contribution in [2.24, 2.45) is 0 Å². The molecule has 3 rings (SSSR count). The van der Waals surface area contributed by atoms with Crippen LogP contribution >= 0.6 is 15.9 Å². The second-order valence-electron chi connectivity index (χ2n) is 8.69. The number of hydrogen-bond acceptors (Lipinski definition) is 5. The van der Waals surface area contributed by atoms with Crippen molar-refractivity contribution in [3.8, 4) is 5.75 Å². The lowest BCUT2D eigenvalue weighted by Crippen LogP contribution is -2.50. The molecule has 0 aliphatic heterocycles. The van der Waals surface area contributed by atoms with Gasteiger partial charge in [-0.25, -0.2) is 8.42 Å². The molecule has 2 amide bonds. The molecule has 3 aromatic rings. The first-order chi connectivity index (χ1) is 18.1. The number of rotatable bonds is 11. The molecule has 0 heterocycles. The zero-order valence-electron chi connectivity index (χ0n) is 21.8. The smallest absolute Gasteiger partial charge is 0.264 e. The van der Waals surface area contributed by atoms with Gasteiger partial charge in [-0.2, -0.15) is 0 Å². The minimum atomic E-state index is -4.13. The van der Waals surface area contributed by atoms with Gasteiger partial charge in [-0.05, 0) is 74.9 Å². The number of halogens is 1. The van der Waals surface area contributed by atoms with Crippen LogP contribution in [-0.2, 0) is 26.2 Å². The molecule has 10 heteroatoms. The highest BCUT2D eigenvalue weighted by Gasteiger charge is 2.32. The molecule has 0 bridgehead atoms. The number of nitrogens with one attached hydrogen (secondary N) is 1. The fourth-order valence-corrected chi connectivity index (χ4v) is 5.62. The minimum Gasteiger partial charge on any atom is -0.494 e. The van der Waals surface area contributed by atoms with Crippen LogP contribution < -0.4 is 14.4 Å². The summed E-state index contributed by atoms with van der Waals surface area (Å²) in [5, 5.41) is 2.58. The van der Waals surface area contributed by atoms with Gasteiger partial charge in [0.1, 0.15) is 18.3 Å². The first-order valence-electron chi connectivity index (χ1n) is 12.1. The van der Waals surface area contributed by atoms with Gasteiger partial charge in [0.25, 0.3) is 10.0 Å². The highest BCUT2D eigenvalue weighted by molar-refractivity contribution is 9.10. The Balaban J connectivity index is 2.03. The monoisotopic (exact) mass is 601 g/mol. The van der Waals surface area contributed by atoms with Crippen molar-refractivity contribution >= 4 is 43.5 Å². The first kappa shape index (κ1) is 29.2. The van der Waals surface area contributed by atoms with Crippen molar-refractivity contribution in [2.45, 2.75) is 38.3 Å². The number of carbonyl (C=O) groups excluding carboxylic acids is 2. The van der Waals surface area contributed by atoms with Crippen molar-refractivity contribution in [2.75, 3.05) is 24.5 Å². The number of carbonyl (C=O) groups is 2. The van der Waals surface area contributed by atoms with Gasteiger partial charge in [-0.3, -0.25) is 13.9 Å². The van der Waals surface area contributed by atoms with Crippen LogP contribution in [0.3, 0.4) is 0 Å². The Hall–Kier alpha value is -3.37. The Bertz CT molecular complexity index is 1360. The Morgan fingerprint density at radius 3 is 2.26 bits per heavy atom. The van der Waals surface area contributed by atoms with Crippen LogP contribution in [-0.4, -0.2) is 51.4 Å². The lowest BCUT2D eigenvalue weighted by atomic mass is 10.1. The Labute approximate surface area is 232 Å². The lowest BCUT2D eigenvalue weighted by Gasteiger charge is -2.32. The number of likely N-dealkylation sites (N-methyl/N-ethyl adjacent to an activating group) is 1. The maximum atomic E-state index is 13.8. The molecule has 0 spiro atoms. The third-order valence-electron chi connectivity index (χ3n) is 5.97. The van der Waals surface area contributed by atoms with Crippen molar-refractivity contribution in [1.82, 2.24) is 10.2 Å². The van der Waals surface area contributed by atoms with Crippen LogP contribution in [0.2, 0.25) is 0 Å². The number of sulfonamides is 1. The van der Waals surface area contributed by atoms with Crippen LogP contribution in [0, 0.1) is 6.92 Å². The molecule has 8 nitrogen and oxygen atoms in total. The van der Waals surface area contributed by atoms with Crippen LogP contribution in [0.5, 0.6) is 5.75 Å². The van der Waals surface area contributed by atoms with Gasteiger partial charge < -0.3 is 15.0 Å². The quantitative estimate of drug-likeness (QED) is 0.349. The van der Waals surface area contributed by atoms with Crippen LogP contribution in [0.1, 0.15) is 25.0 Å². The Morgan fingerprint density at radius 1 is 1.03 bits per heavy atom. The maximum Gasteiger partial charge on any atom is 0.264 e. The van der Waals surface area contributed by atoms with Gasteiger partial charge in [-0.1, -0.05) is 45.8 Å². The third-order valence-corrected chi connectivity index (χ3v) is 8.28. The molecule has 0 saturated heterocycles. The molecule has 38 heavy (non-hydrogen) atoms. The molecule has 0 saturated carbocycles. The van der Waals surface area contributed by atoms with E-state index in [0.717, 1.165) is 19.9 Å². The van der Waals surface area contributed by atoms with Crippen LogP contribution in [0.15, 0.2) is 82.2 Å². The average molecular weight is 603 g/mol. The van der Waals surface area contributed by atoms with E-state index in [0.29, 0.717) is 18.0 Å². The van der Waals surface area contributed by atoms with E-state index in [1.165, 1.54) is 24.1 Å². The second-order valence-corrected chi connectivity index (χ2v) is 11.5. The van der Waals surface area contributed by atoms with E-state index in [-0.39, 0.29) is 17.3 Å². The number of nitrogens with zero attached hydrogens (tertiary/aromatic N) is 2. The summed E-state index contributed by atoms with van der Waals surface area (Å²) in [6.07, 6.45) is 0. The van der Waals surface area contributed by atoms with E-state index >= 15 is 0 Å². The second kappa shape index (κ2) is 12.9. The normalized spacial score (nSPS) is 11.9. The van der Waals surface area contributed by atoms with Crippen molar-refractivity contribution in [3.63, 3.8) is 0 Å². The predicted octanol–water partition coefficient (Wildman–Crippen LogP) is 4.51. The van der Waals surface area contributed by atoms with Gasteiger partial charge in [0.15, 0.2) is 0 Å². The topological polar surface area (TPSA) is 96.0 Å². The highest BCUT2D eigenvalue weighted by Crippen LogP contribution is 2.27. The van der Waals surface area contributed by atoms with Crippen LogP contribution in [0.4, 0.5) is 5.69 Å². The van der Waals surface area contributed by atoms with E-state index in [9.17, 15) is 18.0 Å². The van der Waals surface area contributed by atoms with E-state index in [4.69, 9.17) is 4.74 Å². The van der Waals surface area contributed by atoms with Gasteiger partial charge in [0, 0.05) is 18.1 Å². The summed E-state index contributed by atoms with van der Waals surface area (Å²) in [7, 11) is -2.63. The molecule has 1 N–H and O–H groups in total. The van der Waals surface area contributed by atoms with Crippen LogP contribution in [0.25, 0.3) is 0 Å². The molecule has 0 aliphatic rings. The number of ether oxygens (including phenoxy) is 1. The molecule has 3 aromatic carbocycles. The average Bonchev–Trinajstić information content (AvgIpc) is 2.90. The van der Waals surface area contributed by atoms with E-state index in [2.05, 4.69) is 21.2 Å². The molecule has 0 aromatic heterocycles. The third kappa shape index (κ3) is 7.14. The lowest BCUT2D eigenvalue weighted by molar-refractivity contribution is -0.139. The molecular weight excluding hydrogens is 570 g/mol. The maximum absolute atomic E-state index is 13.8. The van der Waals surface area contributed by atoms with Gasteiger partial charge in [0.2, 0.25) is 11.8 Å². The van der Waals surface area contributed by atoms with E-state index < -0.39 is 28.5 Å². The molecular formula is C28H32BrN3O5S. The number of anilines is 1. The molecule has 0 radical (unpaired) electrons. The molecule has 202 valence electrons. The van der Waals surface area contributed by atoms with Crippen molar-refractivity contribution in [1.29, 1.82) is 0 Å². The van der Waals surface area contributed by atoms with E-state index in [1.807, 2.05) is 38.1 Å². The van der Waals surface area contributed by atoms with Gasteiger partial charge in [-0.15, -0.1) is 0 Å². The highest BCUT2D eigenvalue weighted by atomic mass is 79.9. The summed E-state index contributed by atoms with van der Waals surface area (Å²) in [4.78, 5) is 27.8. The van der Waals surface area contributed by atoms with E-state index in [1.54, 1.807) is 43.3 Å². The predicted molar refractivity (Wildman–Crippen MR) is 152 cm³/mol. The number of amides is 2. The summed E-state index contributed by atoms with van der Waals surface area (Å²) in [5.41, 5.74) is 2.14. The number of hydrogen-bond donors (Lipinski definition) is 1. The molecule has 0 fully saturated rings. The standard InChI is InChI=1S/C28H32BrN3O5S/c1-5-37-25-13-11-24(12-14-25)32(38(35,36)26-15-9-23(29)10-16-26)19-27(33)31(21(3)28(34)30-4)18-22-8-6-7-20(2)17-22/h6-17,21H,5,18-19H2,1-4H3,(H,30,34)/t21-/m0/s1. The van der Waals surface area contributed by atoms with Gasteiger partial charge in [0.05, 0.1) is 17.2 Å². The molecule has 0 aliphatic carbocycles. The molecule has 1 atom stereocenters. The summed E-state index contributed by atoms with van der Waals surface area (Å²) in [6.45, 7) is 5.52. The Kier molecular flexibility index (Phi) is 9.93. The zero-order valence-corrected chi connectivity index (χ0v) is 24.3. The summed E-state index contributed by atoms with van der Waals surface area (Å²) in [5.74, 6) is -0.288. The summed E-state index contributed by atoms with van der Waals surface area (Å²) in [6, 6.07) is 19.5. The fourth-order valence-electron chi connectivity index (χ4n) is 3.94. The van der Waals surface area contributed by atoms with Gasteiger partial charge >= 0.3 is 0 Å². The van der Waals surface area contributed by atoms with Crippen molar-refractivity contribution < 1.29 is 22.7 Å². The SMILES string of the molecule is CCOc1ccc(N(CC(=O)N(Cc2cccc(C)c2)[C@@H](C)C(=O)NC)S(=O)(=O)c2ccc(Br)cc2)cc1. The number of aryl methyl sites for hydroxylation is 1. The summed E-state index contributed by atoms with van der Waals surface area (Å²) >= 11 is 3.33. The minimum absolute atomic E-state index is 0.0342. The zero-order chi connectivity index (χ0) is 27.9. The largest absolute Gasteiger partial charge is 0.494 e. The Morgan fingerprint density at radius 2 is 1.68 bits per heavy atom. The molecule has 0 unspecified atom stereocenters. The first-order valence-corrected chi connectivity index (χ1v) is 14.4.